The molecule has 0 aromatic carbocycles. The van der Waals surface area contributed by atoms with Gasteiger partial charge in [0, 0.05) is 6.20 Å². The van der Waals surface area contributed by atoms with Crippen LogP contribution in [0.2, 0.25) is 0 Å². The Labute approximate surface area is 124 Å². The molecule has 22 heavy (non-hydrogen) atoms. The molecule has 0 aliphatic carbocycles. The highest BCUT2D eigenvalue weighted by Gasteiger charge is 2.17. The minimum Gasteiger partial charge on any atom is -0.466 e. The molecule has 3 aromatic rings. The zero-order valence-electron chi connectivity index (χ0n) is 11.8. The highest BCUT2D eigenvalue weighted by Crippen LogP contribution is 2.26. The number of aromatic amines is 1. The maximum Gasteiger partial charge on any atom is 0.322 e. The monoisotopic (exact) mass is 300 g/mol. The molecule has 1 amide bonds. The van der Waals surface area contributed by atoms with E-state index in [0.717, 1.165) is 0 Å². The first-order valence-corrected chi connectivity index (χ1v) is 6.44. The predicted octanol–water partition coefficient (Wildman–Crippen LogP) is 1.89. The van der Waals surface area contributed by atoms with Crippen molar-refractivity contribution in [2.45, 2.75) is 13.8 Å². The number of hydrogen-bond donors (Lipinski definition) is 2. The van der Waals surface area contributed by atoms with Crippen LogP contribution in [-0.4, -0.2) is 21.1 Å². The van der Waals surface area contributed by atoms with Crippen molar-refractivity contribution in [1.82, 2.24) is 15.2 Å². The minimum absolute atomic E-state index is 0.0439. The number of rotatable bonds is 3. The summed E-state index contributed by atoms with van der Waals surface area (Å²) < 4.78 is 10.8. The molecule has 0 spiro atoms. The maximum atomic E-state index is 12.0. The molecule has 8 nitrogen and oxygen atoms in total. The molecule has 112 valence electrons. The molecule has 0 saturated heterocycles. The topological polar surface area (TPSA) is 114 Å². The van der Waals surface area contributed by atoms with E-state index >= 15 is 0 Å². The number of carbonyl (C=O) groups is 1. The van der Waals surface area contributed by atoms with Crippen molar-refractivity contribution in [1.29, 1.82) is 0 Å². The zero-order valence-corrected chi connectivity index (χ0v) is 11.8. The van der Waals surface area contributed by atoms with Crippen LogP contribution in [0.1, 0.15) is 21.9 Å². The number of nitrogens with zero attached hydrogens (tertiary/aromatic N) is 2. The van der Waals surface area contributed by atoms with Crippen molar-refractivity contribution in [2.24, 2.45) is 0 Å². The van der Waals surface area contributed by atoms with Gasteiger partial charge >= 0.3 is 6.01 Å². The number of aryl methyl sites for hydroxylation is 2. The predicted molar refractivity (Wildman–Crippen MR) is 76.5 cm³/mol. The highest BCUT2D eigenvalue weighted by atomic mass is 16.4. The van der Waals surface area contributed by atoms with Gasteiger partial charge in [-0.1, -0.05) is 5.10 Å². The summed E-state index contributed by atoms with van der Waals surface area (Å²) in [5.74, 6) is 0.953. The zero-order chi connectivity index (χ0) is 15.7. The van der Waals surface area contributed by atoms with Crippen molar-refractivity contribution >= 4 is 11.9 Å². The fourth-order valence-corrected chi connectivity index (χ4v) is 1.99. The van der Waals surface area contributed by atoms with Gasteiger partial charge in [-0.15, -0.1) is 5.10 Å². The molecule has 0 atom stereocenters. The fourth-order valence-electron chi connectivity index (χ4n) is 1.99. The summed E-state index contributed by atoms with van der Waals surface area (Å²) in [6.45, 7) is 3.57. The van der Waals surface area contributed by atoms with E-state index in [-0.39, 0.29) is 17.5 Å². The van der Waals surface area contributed by atoms with E-state index in [2.05, 4.69) is 20.5 Å². The molecule has 0 aliphatic heterocycles. The van der Waals surface area contributed by atoms with Gasteiger partial charge in [0.05, 0.1) is 5.56 Å². The highest BCUT2D eigenvalue weighted by molar-refractivity contribution is 6.02. The maximum absolute atomic E-state index is 12.0. The number of nitrogens with one attached hydrogen (secondary N) is 2. The van der Waals surface area contributed by atoms with Crippen LogP contribution in [0.25, 0.3) is 11.5 Å². The first kappa shape index (κ1) is 13.8. The van der Waals surface area contributed by atoms with Crippen molar-refractivity contribution in [3.63, 3.8) is 0 Å². The molecule has 3 rings (SSSR count). The summed E-state index contributed by atoms with van der Waals surface area (Å²) in [6.07, 6.45) is 1.44. The standard InChI is InChI=1S/C14H12N4O4/c1-7-6-10(8(2)21-7)13-17-18-14(22-13)16-12(20)9-4-3-5-15-11(9)19/h3-6H,1-2H3,(H,15,19)(H,16,18,20). The molecule has 0 unspecified atom stereocenters. The normalized spacial score (nSPS) is 10.6. The number of pyridine rings is 1. The summed E-state index contributed by atoms with van der Waals surface area (Å²) in [7, 11) is 0. The molecule has 0 fully saturated rings. The van der Waals surface area contributed by atoms with Crippen LogP contribution >= 0.6 is 0 Å². The molecule has 0 aliphatic rings. The Hall–Kier alpha value is -3.16. The Kier molecular flexibility index (Phi) is 3.34. The van der Waals surface area contributed by atoms with Crippen molar-refractivity contribution in [3.05, 3.63) is 51.8 Å². The largest absolute Gasteiger partial charge is 0.466 e. The summed E-state index contributed by atoms with van der Waals surface area (Å²) >= 11 is 0. The SMILES string of the molecule is Cc1cc(-c2nnc(NC(=O)c3ccc[nH]c3=O)o2)c(C)o1. The lowest BCUT2D eigenvalue weighted by molar-refractivity contribution is 0.102. The van der Waals surface area contributed by atoms with Gasteiger partial charge in [-0.05, 0) is 32.0 Å². The second-order valence-corrected chi connectivity index (χ2v) is 4.61. The van der Waals surface area contributed by atoms with Crippen LogP contribution in [0.5, 0.6) is 0 Å². The summed E-state index contributed by atoms with van der Waals surface area (Å²) in [4.78, 5) is 25.9. The van der Waals surface area contributed by atoms with E-state index in [1.165, 1.54) is 12.3 Å². The summed E-state index contributed by atoms with van der Waals surface area (Å²) in [5, 5.41) is 9.97. The smallest absolute Gasteiger partial charge is 0.322 e. The van der Waals surface area contributed by atoms with Gasteiger partial charge < -0.3 is 13.8 Å². The van der Waals surface area contributed by atoms with Gasteiger partial charge in [0.15, 0.2) is 0 Å². The van der Waals surface area contributed by atoms with Gasteiger partial charge in [0.1, 0.15) is 17.1 Å². The van der Waals surface area contributed by atoms with Crippen LogP contribution < -0.4 is 10.9 Å². The average molecular weight is 300 g/mol. The molecule has 3 aromatic heterocycles. The van der Waals surface area contributed by atoms with E-state index in [9.17, 15) is 9.59 Å². The number of carbonyl (C=O) groups excluding carboxylic acids is 1. The van der Waals surface area contributed by atoms with Crippen molar-refractivity contribution in [2.75, 3.05) is 5.32 Å². The quantitative estimate of drug-likeness (QED) is 0.763. The molecule has 2 N–H and O–H groups in total. The molecule has 0 radical (unpaired) electrons. The van der Waals surface area contributed by atoms with Crippen molar-refractivity contribution in [3.8, 4) is 11.5 Å². The van der Waals surface area contributed by atoms with E-state index in [1.54, 1.807) is 26.0 Å². The number of furan rings is 1. The number of amides is 1. The minimum atomic E-state index is -0.628. The number of hydrogen-bond acceptors (Lipinski definition) is 6. The third-order valence-electron chi connectivity index (χ3n) is 2.98. The second-order valence-electron chi connectivity index (χ2n) is 4.61. The van der Waals surface area contributed by atoms with Crippen LogP contribution in [0.4, 0.5) is 6.01 Å². The first-order chi connectivity index (χ1) is 10.5. The van der Waals surface area contributed by atoms with Crippen molar-refractivity contribution < 1.29 is 13.6 Å². The Bertz CT molecular complexity index is 890. The van der Waals surface area contributed by atoms with E-state index in [0.29, 0.717) is 17.1 Å². The molecular formula is C14H12N4O4. The lowest BCUT2D eigenvalue weighted by atomic mass is 10.2. The van der Waals surface area contributed by atoms with Gasteiger partial charge in [-0.3, -0.25) is 14.9 Å². The van der Waals surface area contributed by atoms with Crippen LogP contribution in [-0.2, 0) is 0 Å². The Morgan fingerprint density at radius 3 is 2.77 bits per heavy atom. The Morgan fingerprint density at radius 1 is 1.27 bits per heavy atom. The summed E-state index contributed by atoms with van der Waals surface area (Å²) in [6, 6.07) is 4.61. The third-order valence-corrected chi connectivity index (χ3v) is 2.98. The third kappa shape index (κ3) is 2.53. The molecule has 3 heterocycles. The van der Waals surface area contributed by atoms with E-state index < -0.39 is 11.5 Å². The molecule has 8 heteroatoms. The van der Waals surface area contributed by atoms with E-state index in [4.69, 9.17) is 8.83 Å². The van der Waals surface area contributed by atoms with Gasteiger partial charge in [-0.2, -0.15) is 0 Å². The van der Waals surface area contributed by atoms with Gasteiger partial charge in [0.25, 0.3) is 17.4 Å². The first-order valence-electron chi connectivity index (χ1n) is 6.44. The average Bonchev–Trinajstić information content (AvgIpc) is 3.05. The number of H-pyrrole nitrogens is 1. The van der Waals surface area contributed by atoms with Gasteiger partial charge in [-0.25, -0.2) is 0 Å². The summed E-state index contributed by atoms with van der Waals surface area (Å²) in [5.41, 5.74) is 0.113. The molecular weight excluding hydrogens is 288 g/mol. The molecule has 0 bridgehead atoms. The lowest BCUT2D eigenvalue weighted by Crippen LogP contribution is -2.22. The van der Waals surface area contributed by atoms with Gasteiger partial charge in [0.2, 0.25) is 0 Å². The second kappa shape index (κ2) is 5.32. The lowest BCUT2D eigenvalue weighted by Gasteiger charge is -1.98. The molecule has 0 saturated carbocycles. The van der Waals surface area contributed by atoms with E-state index in [1.807, 2.05) is 0 Å². The van der Waals surface area contributed by atoms with Crippen LogP contribution in [0.3, 0.4) is 0 Å². The Morgan fingerprint density at radius 2 is 2.09 bits per heavy atom. The fraction of sp³-hybridized carbons (Fsp3) is 0.143. The van der Waals surface area contributed by atoms with Crippen LogP contribution in [0.15, 0.2) is 38.0 Å². The number of anilines is 1. The number of aromatic nitrogens is 3. The Balaban J connectivity index is 1.83. The van der Waals surface area contributed by atoms with Crippen LogP contribution in [0, 0.1) is 13.8 Å².